The standard InChI is InChI=1S/C25H22ClN3O2/c26-19-5-3-4-18(15-19)21(25(31)28-20-12-13-20)14-16-8-10-17(11-9-16)24(30)29-23-7-2-1-6-22(23)27/h1-11,14-15,20H,12-13,27H2,(H,28,31)(H,29,30)/b21-14+. The number of hydrogen-bond donors (Lipinski definition) is 3. The summed E-state index contributed by atoms with van der Waals surface area (Å²) >= 11 is 6.14. The number of carbonyl (C=O) groups excluding carboxylic acids is 2. The Bertz CT molecular complexity index is 1150. The van der Waals surface area contributed by atoms with Gasteiger partial charge in [0.25, 0.3) is 11.8 Å². The number of para-hydroxylation sites is 2. The van der Waals surface area contributed by atoms with Crippen molar-refractivity contribution in [3.63, 3.8) is 0 Å². The van der Waals surface area contributed by atoms with Crippen LogP contribution >= 0.6 is 11.6 Å². The summed E-state index contributed by atoms with van der Waals surface area (Å²) in [4.78, 5) is 25.4. The molecule has 0 heterocycles. The summed E-state index contributed by atoms with van der Waals surface area (Å²) in [5.41, 5.74) is 9.53. The predicted molar refractivity (Wildman–Crippen MR) is 126 cm³/mol. The fraction of sp³-hybridized carbons (Fsp3) is 0.120. The van der Waals surface area contributed by atoms with Crippen LogP contribution in [0.3, 0.4) is 0 Å². The third-order valence-electron chi connectivity index (χ3n) is 4.99. The zero-order valence-corrected chi connectivity index (χ0v) is 17.5. The number of anilines is 2. The van der Waals surface area contributed by atoms with E-state index in [4.69, 9.17) is 17.3 Å². The number of carbonyl (C=O) groups is 2. The molecule has 4 rings (SSSR count). The van der Waals surface area contributed by atoms with Crippen LogP contribution in [0.4, 0.5) is 11.4 Å². The molecular formula is C25H22ClN3O2. The molecule has 0 unspecified atom stereocenters. The summed E-state index contributed by atoms with van der Waals surface area (Å²) in [5, 5.41) is 6.40. The van der Waals surface area contributed by atoms with Gasteiger partial charge in [-0.15, -0.1) is 0 Å². The molecule has 0 atom stereocenters. The zero-order valence-electron chi connectivity index (χ0n) is 16.8. The Hall–Kier alpha value is -3.57. The Kier molecular flexibility index (Phi) is 6.05. The monoisotopic (exact) mass is 431 g/mol. The molecule has 0 aliphatic heterocycles. The number of nitrogens with two attached hydrogens (primary N) is 1. The van der Waals surface area contributed by atoms with E-state index in [1.165, 1.54) is 0 Å². The molecule has 4 N–H and O–H groups in total. The molecule has 5 nitrogen and oxygen atoms in total. The number of rotatable bonds is 6. The van der Waals surface area contributed by atoms with Gasteiger partial charge in [0, 0.05) is 22.2 Å². The first-order valence-electron chi connectivity index (χ1n) is 10.0. The van der Waals surface area contributed by atoms with Crippen LogP contribution in [0, 0.1) is 0 Å². The van der Waals surface area contributed by atoms with Gasteiger partial charge < -0.3 is 16.4 Å². The lowest BCUT2D eigenvalue weighted by atomic mass is 10.0. The summed E-state index contributed by atoms with van der Waals surface area (Å²) in [7, 11) is 0. The van der Waals surface area contributed by atoms with Crippen LogP contribution in [-0.2, 0) is 4.79 Å². The normalized spacial score (nSPS) is 13.5. The highest BCUT2D eigenvalue weighted by atomic mass is 35.5. The Morgan fingerprint density at radius 1 is 0.935 bits per heavy atom. The lowest BCUT2D eigenvalue weighted by Gasteiger charge is -2.10. The molecule has 31 heavy (non-hydrogen) atoms. The van der Waals surface area contributed by atoms with Crippen LogP contribution < -0.4 is 16.4 Å². The first-order valence-corrected chi connectivity index (χ1v) is 10.4. The predicted octanol–water partition coefficient (Wildman–Crippen LogP) is 4.99. The molecular weight excluding hydrogens is 410 g/mol. The zero-order chi connectivity index (χ0) is 21.8. The van der Waals surface area contributed by atoms with Crippen molar-refractivity contribution in [1.82, 2.24) is 5.32 Å². The van der Waals surface area contributed by atoms with Gasteiger partial charge in [-0.25, -0.2) is 0 Å². The van der Waals surface area contributed by atoms with E-state index >= 15 is 0 Å². The maximum atomic E-state index is 12.8. The maximum Gasteiger partial charge on any atom is 0.255 e. The molecule has 0 saturated heterocycles. The van der Waals surface area contributed by atoms with Crippen molar-refractivity contribution in [1.29, 1.82) is 0 Å². The summed E-state index contributed by atoms with van der Waals surface area (Å²) in [6, 6.07) is 21.6. The van der Waals surface area contributed by atoms with E-state index in [0.29, 0.717) is 27.5 Å². The topological polar surface area (TPSA) is 84.2 Å². The molecule has 3 aromatic rings. The van der Waals surface area contributed by atoms with Gasteiger partial charge in [-0.2, -0.15) is 0 Å². The van der Waals surface area contributed by atoms with E-state index in [0.717, 1.165) is 24.0 Å². The molecule has 156 valence electrons. The molecule has 0 radical (unpaired) electrons. The molecule has 2 amide bonds. The lowest BCUT2D eigenvalue weighted by Crippen LogP contribution is -2.26. The summed E-state index contributed by atoms with van der Waals surface area (Å²) < 4.78 is 0. The van der Waals surface area contributed by atoms with Crippen molar-refractivity contribution in [2.24, 2.45) is 0 Å². The van der Waals surface area contributed by atoms with Crippen LogP contribution in [0.2, 0.25) is 5.02 Å². The second-order valence-corrected chi connectivity index (χ2v) is 7.92. The number of hydrogen-bond acceptors (Lipinski definition) is 3. The molecule has 0 bridgehead atoms. The molecule has 0 spiro atoms. The third-order valence-corrected chi connectivity index (χ3v) is 5.22. The van der Waals surface area contributed by atoms with Crippen molar-refractivity contribution in [2.75, 3.05) is 11.1 Å². The van der Waals surface area contributed by atoms with Gasteiger partial charge in [-0.1, -0.05) is 48.0 Å². The van der Waals surface area contributed by atoms with E-state index in [9.17, 15) is 9.59 Å². The van der Waals surface area contributed by atoms with Crippen LogP contribution in [0.5, 0.6) is 0 Å². The largest absolute Gasteiger partial charge is 0.397 e. The van der Waals surface area contributed by atoms with E-state index in [-0.39, 0.29) is 17.9 Å². The maximum absolute atomic E-state index is 12.8. The minimum absolute atomic E-state index is 0.133. The molecule has 6 heteroatoms. The summed E-state index contributed by atoms with van der Waals surface area (Å²) in [6.45, 7) is 0. The van der Waals surface area contributed by atoms with Crippen LogP contribution in [0.15, 0.2) is 72.8 Å². The van der Waals surface area contributed by atoms with Gasteiger partial charge in [-0.3, -0.25) is 9.59 Å². The SMILES string of the molecule is Nc1ccccc1NC(=O)c1ccc(/C=C(/C(=O)NC2CC2)c2cccc(Cl)c2)cc1. The Balaban J connectivity index is 1.57. The Morgan fingerprint density at radius 3 is 2.35 bits per heavy atom. The van der Waals surface area contributed by atoms with Crippen molar-refractivity contribution >= 4 is 46.4 Å². The summed E-state index contributed by atoms with van der Waals surface area (Å²) in [5.74, 6) is -0.388. The third kappa shape index (κ3) is 5.32. The Morgan fingerprint density at radius 2 is 1.68 bits per heavy atom. The number of amides is 2. The van der Waals surface area contributed by atoms with Crippen molar-refractivity contribution in [2.45, 2.75) is 18.9 Å². The fourth-order valence-electron chi connectivity index (χ4n) is 3.13. The minimum Gasteiger partial charge on any atom is -0.397 e. The first kappa shape index (κ1) is 20.7. The highest BCUT2D eigenvalue weighted by molar-refractivity contribution is 6.31. The quantitative estimate of drug-likeness (QED) is 0.292. The Labute approximate surface area is 185 Å². The molecule has 0 aromatic heterocycles. The second-order valence-electron chi connectivity index (χ2n) is 7.48. The minimum atomic E-state index is -0.255. The van der Waals surface area contributed by atoms with Crippen LogP contribution in [-0.4, -0.2) is 17.9 Å². The highest BCUT2D eigenvalue weighted by Crippen LogP contribution is 2.25. The van der Waals surface area contributed by atoms with Gasteiger partial charge in [0.05, 0.1) is 11.4 Å². The number of halogens is 1. The van der Waals surface area contributed by atoms with Crippen molar-refractivity contribution in [3.05, 3.63) is 94.5 Å². The molecule has 1 aliphatic rings. The van der Waals surface area contributed by atoms with E-state index in [1.54, 1.807) is 54.6 Å². The van der Waals surface area contributed by atoms with Crippen molar-refractivity contribution in [3.8, 4) is 0 Å². The number of nitrogen functional groups attached to an aromatic ring is 1. The van der Waals surface area contributed by atoms with Crippen molar-refractivity contribution < 1.29 is 9.59 Å². The van der Waals surface area contributed by atoms with Gasteiger partial charge in [0.1, 0.15) is 0 Å². The van der Waals surface area contributed by atoms with E-state index < -0.39 is 0 Å². The van der Waals surface area contributed by atoms with Crippen LogP contribution in [0.1, 0.15) is 34.3 Å². The summed E-state index contributed by atoms with van der Waals surface area (Å²) in [6.07, 6.45) is 3.81. The molecule has 1 saturated carbocycles. The number of nitrogens with one attached hydrogen (secondary N) is 2. The average molecular weight is 432 g/mol. The lowest BCUT2D eigenvalue weighted by molar-refractivity contribution is -0.115. The molecule has 1 fully saturated rings. The van der Waals surface area contributed by atoms with Gasteiger partial charge in [-0.05, 0) is 66.4 Å². The second kappa shape index (κ2) is 9.06. The average Bonchev–Trinajstić information content (AvgIpc) is 3.58. The fourth-order valence-corrected chi connectivity index (χ4v) is 3.32. The molecule has 1 aliphatic carbocycles. The van der Waals surface area contributed by atoms with E-state index in [2.05, 4.69) is 10.6 Å². The first-order chi connectivity index (χ1) is 15.0. The highest BCUT2D eigenvalue weighted by Gasteiger charge is 2.25. The van der Waals surface area contributed by atoms with Crippen LogP contribution in [0.25, 0.3) is 11.6 Å². The van der Waals surface area contributed by atoms with Gasteiger partial charge in [0.2, 0.25) is 0 Å². The smallest absolute Gasteiger partial charge is 0.255 e. The molecule has 3 aromatic carbocycles. The van der Waals surface area contributed by atoms with Gasteiger partial charge in [0.15, 0.2) is 0 Å². The number of benzene rings is 3. The van der Waals surface area contributed by atoms with E-state index in [1.807, 2.05) is 24.3 Å². The van der Waals surface area contributed by atoms with Gasteiger partial charge >= 0.3 is 0 Å².